The molecular formula is C13H22N4S. The quantitative estimate of drug-likeness (QED) is 0.897. The molecule has 1 N–H and O–H groups in total. The summed E-state index contributed by atoms with van der Waals surface area (Å²) in [4.78, 5) is 11.7. The molecule has 0 aliphatic carbocycles. The fourth-order valence-corrected chi connectivity index (χ4v) is 3.32. The van der Waals surface area contributed by atoms with Crippen LogP contribution in [0.4, 0.5) is 0 Å². The molecule has 4 nitrogen and oxygen atoms in total. The Morgan fingerprint density at radius 1 is 1.50 bits per heavy atom. The SMILES string of the molecule is CCNCc1cc(C)nc(C2CSCCN2C)n1. The van der Waals surface area contributed by atoms with E-state index in [-0.39, 0.29) is 0 Å². The van der Waals surface area contributed by atoms with Gasteiger partial charge in [0, 0.05) is 30.3 Å². The Kier molecular flexibility index (Phi) is 4.97. The molecule has 1 aromatic rings. The second-order valence-corrected chi connectivity index (χ2v) is 5.86. The zero-order valence-electron chi connectivity index (χ0n) is 11.4. The molecule has 1 unspecified atom stereocenters. The lowest BCUT2D eigenvalue weighted by molar-refractivity contribution is 0.263. The molecular weight excluding hydrogens is 244 g/mol. The Balaban J connectivity index is 2.18. The van der Waals surface area contributed by atoms with E-state index in [1.54, 1.807) is 0 Å². The van der Waals surface area contributed by atoms with Crippen molar-refractivity contribution >= 4 is 11.8 Å². The highest BCUT2D eigenvalue weighted by molar-refractivity contribution is 7.99. The average Bonchev–Trinajstić information content (AvgIpc) is 2.36. The van der Waals surface area contributed by atoms with E-state index in [1.807, 2.05) is 11.8 Å². The van der Waals surface area contributed by atoms with Gasteiger partial charge in [-0.2, -0.15) is 11.8 Å². The maximum Gasteiger partial charge on any atom is 0.146 e. The molecule has 1 aromatic heterocycles. The summed E-state index contributed by atoms with van der Waals surface area (Å²) in [5.41, 5.74) is 2.17. The van der Waals surface area contributed by atoms with Gasteiger partial charge >= 0.3 is 0 Å². The average molecular weight is 266 g/mol. The van der Waals surface area contributed by atoms with E-state index in [9.17, 15) is 0 Å². The Morgan fingerprint density at radius 2 is 2.33 bits per heavy atom. The van der Waals surface area contributed by atoms with Crippen LogP contribution in [0.25, 0.3) is 0 Å². The smallest absolute Gasteiger partial charge is 0.146 e. The van der Waals surface area contributed by atoms with Crippen LogP contribution >= 0.6 is 11.8 Å². The molecule has 0 radical (unpaired) electrons. The van der Waals surface area contributed by atoms with Crippen molar-refractivity contribution in [3.05, 3.63) is 23.3 Å². The number of nitrogens with one attached hydrogen (secondary N) is 1. The second-order valence-electron chi connectivity index (χ2n) is 4.71. The number of hydrogen-bond donors (Lipinski definition) is 1. The Morgan fingerprint density at radius 3 is 3.06 bits per heavy atom. The van der Waals surface area contributed by atoms with Crippen molar-refractivity contribution in [2.24, 2.45) is 0 Å². The molecule has 1 fully saturated rings. The molecule has 1 saturated heterocycles. The maximum atomic E-state index is 4.72. The largest absolute Gasteiger partial charge is 0.311 e. The van der Waals surface area contributed by atoms with Crippen molar-refractivity contribution in [1.82, 2.24) is 20.2 Å². The van der Waals surface area contributed by atoms with Gasteiger partial charge in [-0.15, -0.1) is 0 Å². The summed E-state index contributed by atoms with van der Waals surface area (Å²) in [5.74, 6) is 3.29. The van der Waals surface area contributed by atoms with Gasteiger partial charge in [0.1, 0.15) is 5.82 Å². The van der Waals surface area contributed by atoms with Crippen molar-refractivity contribution in [3.8, 4) is 0 Å². The molecule has 0 saturated carbocycles. The molecule has 18 heavy (non-hydrogen) atoms. The zero-order chi connectivity index (χ0) is 13.0. The standard InChI is InChI=1S/C13H22N4S/c1-4-14-8-11-7-10(2)15-13(16-11)12-9-18-6-5-17(12)3/h7,12,14H,4-6,8-9H2,1-3H3. The van der Waals surface area contributed by atoms with Crippen LogP contribution in [0.2, 0.25) is 0 Å². The summed E-state index contributed by atoms with van der Waals surface area (Å²) in [6.45, 7) is 7.08. The van der Waals surface area contributed by atoms with Crippen LogP contribution in [0.3, 0.4) is 0 Å². The summed E-state index contributed by atoms with van der Waals surface area (Å²) < 4.78 is 0. The van der Waals surface area contributed by atoms with Gasteiger partial charge in [-0.3, -0.25) is 4.90 Å². The second kappa shape index (κ2) is 6.50. The first-order valence-corrected chi connectivity index (χ1v) is 7.69. The van der Waals surface area contributed by atoms with Crippen LogP contribution in [-0.4, -0.2) is 46.5 Å². The van der Waals surface area contributed by atoms with Crippen molar-refractivity contribution in [2.45, 2.75) is 26.4 Å². The van der Waals surface area contributed by atoms with Crippen molar-refractivity contribution < 1.29 is 0 Å². The fourth-order valence-electron chi connectivity index (χ4n) is 2.11. The highest BCUT2D eigenvalue weighted by atomic mass is 32.2. The summed E-state index contributed by atoms with van der Waals surface area (Å²) in [6, 6.07) is 2.44. The monoisotopic (exact) mass is 266 g/mol. The van der Waals surface area contributed by atoms with Crippen LogP contribution in [0.15, 0.2) is 6.07 Å². The third-order valence-corrected chi connectivity index (χ3v) is 4.20. The minimum atomic E-state index is 0.365. The third kappa shape index (κ3) is 3.43. The first kappa shape index (κ1) is 13.8. The van der Waals surface area contributed by atoms with Gasteiger partial charge in [-0.25, -0.2) is 9.97 Å². The van der Waals surface area contributed by atoms with Crippen LogP contribution in [0, 0.1) is 6.92 Å². The summed E-state index contributed by atoms with van der Waals surface area (Å²) in [5, 5.41) is 3.32. The zero-order valence-corrected chi connectivity index (χ0v) is 12.3. The molecule has 1 atom stereocenters. The van der Waals surface area contributed by atoms with Crippen molar-refractivity contribution in [2.75, 3.05) is 31.6 Å². The topological polar surface area (TPSA) is 41.1 Å². The highest BCUT2D eigenvalue weighted by Crippen LogP contribution is 2.26. The number of rotatable bonds is 4. The normalized spacial score (nSPS) is 21.2. The lowest BCUT2D eigenvalue weighted by Crippen LogP contribution is -2.34. The molecule has 5 heteroatoms. The van der Waals surface area contributed by atoms with Gasteiger partial charge in [-0.05, 0) is 26.6 Å². The van der Waals surface area contributed by atoms with Gasteiger partial charge in [0.05, 0.1) is 11.7 Å². The highest BCUT2D eigenvalue weighted by Gasteiger charge is 2.23. The van der Waals surface area contributed by atoms with E-state index in [2.05, 4.69) is 42.2 Å². The Hall–Kier alpha value is -0.650. The Bertz CT molecular complexity index is 397. The molecule has 0 spiro atoms. The first-order valence-electron chi connectivity index (χ1n) is 6.54. The van der Waals surface area contributed by atoms with E-state index in [1.165, 1.54) is 5.75 Å². The fraction of sp³-hybridized carbons (Fsp3) is 0.692. The number of aryl methyl sites for hydroxylation is 1. The summed E-state index contributed by atoms with van der Waals surface area (Å²) in [7, 11) is 2.17. The molecule has 0 amide bonds. The molecule has 2 heterocycles. The summed E-state index contributed by atoms with van der Waals surface area (Å²) >= 11 is 1.99. The number of thioether (sulfide) groups is 1. The van der Waals surface area contributed by atoms with Gasteiger partial charge in [0.2, 0.25) is 0 Å². The molecule has 0 bridgehead atoms. The van der Waals surface area contributed by atoms with Gasteiger partial charge in [-0.1, -0.05) is 6.92 Å². The third-order valence-electron chi connectivity index (χ3n) is 3.17. The first-order chi connectivity index (χ1) is 8.70. The van der Waals surface area contributed by atoms with Crippen LogP contribution < -0.4 is 5.32 Å². The predicted octanol–water partition coefficient (Wildman–Crippen LogP) is 1.61. The van der Waals surface area contributed by atoms with Gasteiger partial charge in [0.15, 0.2) is 0 Å². The van der Waals surface area contributed by atoms with Crippen molar-refractivity contribution in [1.29, 1.82) is 0 Å². The van der Waals surface area contributed by atoms with Crippen LogP contribution in [0.1, 0.15) is 30.2 Å². The Labute approximate surface area is 114 Å². The molecule has 2 rings (SSSR count). The van der Waals surface area contributed by atoms with E-state index in [4.69, 9.17) is 4.98 Å². The molecule has 0 aromatic carbocycles. The minimum absolute atomic E-state index is 0.365. The van der Waals surface area contributed by atoms with Crippen molar-refractivity contribution in [3.63, 3.8) is 0 Å². The van der Waals surface area contributed by atoms with Gasteiger partial charge in [0.25, 0.3) is 0 Å². The van der Waals surface area contributed by atoms with E-state index >= 15 is 0 Å². The summed E-state index contributed by atoms with van der Waals surface area (Å²) in [6.07, 6.45) is 0. The molecule has 1 aliphatic heterocycles. The lowest BCUT2D eigenvalue weighted by Gasteiger charge is -2.31. The predicted molar refractivity (Wildman–Crippen MR) is 76.8 cm³/mol. The van der Waals surface area contributed by atoms with E-state index in [0.717, 1.165) is 42.6 Å². The number of aromatic nitrogens is 2. The number of nitrogens with zero attached hydrogens (tertiary/aromatic N) is 3. The van der Waals surface area contributed by atoms with E-state index < -0.39 is 0 Å². The number of hydrogen-bond acceptors (Lipinski definition) is 5. The van der Waals surface area contributed by atoms with E-state index in [0.29, 0.717) is 6.04 Å². The maximum absolute atomic E-state index is 4.72. The van der Waals surface area contributed by atoms with Gasteiger partial charge < -0.3 is 5.32 Å². The van der Waals surface area contributed by atoms with Crippen LogP contribution in [-0.2, 0) is 6.54 Å². The molecule has 100 valence electrons. The van der Waals surface area contributed by atoms with Crippen LogP contribution in [0.5, 0.6) is 0 Å². The lowest BCUT2D eigenvalue weighted by atomic mass is 10.2. The minimum Gasteiger partial charge on any atom is -0.311 e. The molecule has 1 aliphatic rings.